The minimum atomic E-state index is 0.0378. The summed E-state index contributed by atoms with van der Waals surface area (Å²) < 4.78 is 6.04. The molecule has 102 valence electrons. The van der Waals surface area contributed by atoms with Crippen LogP contribution in [0.5, 0.6) is 5.75 Å². The maximum Gasteiger partial charge on any atom is 0.167 e. The third kappa shape index (κ3) is 2.38. The second kappa shape index (κ2) is 5.41. The lowest BCUT2D eigenvalue weighted by Gasteiger charge is -2.11. The van der Waals surface area contributed by atoms with Crippen molar-refractivity contribution in [1.82, 2.24) is 0 Å². The number of hydrogen-bond donors (Lipinski definition) is 0. The Morgan fingerprint density at radius 2 is 1.80 bits per heavy atom. The normalized spacial score (nSPS) is 14.1. The van der Waals surface area contributed by atoms with E-state index < -0.39 is 0 Å². The molecular formula is C17H15BrO2. The Bertz CT molecular complexity index is 639. The molecule has 0 fully saturated rings. The third-order valence-electron chi connectivity index (χ3n) is 3.86. The summed E-state index contributed by atoms with van der Waals surface area (Å²) in [6.07, 6.45) is 1.66. The lowest BCUT2D eigenvalue weighted by molar-refractivity contribution is 0.0923. The van der Waals surface area contributed by atoms with Gasteiger partial charge < -0.3 is 4.74 Å². The standard InChI is InChI=1S/C17H15BrO2/c1-20-14-6-7-16(18)15(10-14)17(19)13-8-11-4-2-3-5-12(11)9-13/h2-7,10,13H,8-9H2,1H3. The summed E-state index contributed by atoms with van der Waals surface area (Å²) in [5.41, 5.74) is 3.30. The van der Waals surface area contributed by atoms with Crippen LogP contribution >= 0.6 is 15.9 Å². The lowest BCUT2D eigenvalue weighted by Crippen LogP contribution is -2.15. The number of fused-ring (bicyclic) bond motifs is 1. The first kappa shape index (κ1) is 13.4. The Kier molecular flexibility index (Phi) is 3.62. The predicted octanol–water partition coefficient (Wildman–Crippen LogP) is 4.06. The smallest absolute Gasteiger partial charge is 0.167 e. The van der Waals surface area contributed by atoms with Gasteiger partial charge in [-0.3, -0.25) is 4.79 Å². The van der Waals surface area contributed by atoms with Crippen molar-refractivity contribution in [1.29, 1.82) is 0 Å². The predicted molar refractivity (Wildman–Crippen MR) is 82.4 cm³/mol. The van der Waals surface area contributed by atoms with Crippen LogP contribution in [0.3, 0.4) is 0 Å². The van der Waals surface area contributed by atoms with Gasteiger partial charge in [-0.05, 0) is 42.2 Å². The van der Waals surface area contributed by atoms with E-state index in [1.165, 1.54) is 11.1 Å². The zero-order chi connectivity index (χ0) is 14.1. The number of benzene rings is 2. The molecule has 0 radical (unpaired) electrons. The second-order valence-electron chi connectivity index (χ2n) is 5.08. The van der Waals surface area contributed by atoms with E-state index in [0.29, 0.717) is 11.3 Å². The highest BCUT2D eigenvalue weighted by molar-refractivity contribution is 9.10. The molecule has 0 aromatic heterocycles. The molecule has 1 aliphatic carbocycles. The van der Waals surface area contributed by atoms with E-state index in [2.05, 4.69) is 28.1 Å². The summed E-state index contributed by atoms with van der Waals surface area (Å²) in [5, 5.41) is 0. The highest BCUT2D eigenvalue weighted by atomic mass is 79.9. The molecule has 0 amide bonds. The molecule has 0 heterocycles. The van der Waals surface area contributed by atoms with Crippen molar-refractivity contribution in [3.05, 3.63) is 63.6 Å². The molecular weight excluding hydrogens is 316 g/mol. The van der Waals surface area contributed by atoms with Crippen molar-refractivity contribution < 1.29 is 9.53 Å². The van der Waals surface area contributed by atoms with E-state index in [9.17, 15) is 4.79 Å². The Balaban J connectivity index is 1.88. The van der Waals surface area contributed by atoms with Crippen LogP contribution in [0.25, 0.3) is 0 Å². The molecule has 0 bridgehead atoms. The van der Waals surface area contributed by atoms with Crippen molar-refractivity contribution in [3.8, 4) is 5.75 Å². The van der Waals surface area contributed by atoms with Gasteiger partial charge in [-0.1, -0.05) is 40.2 Å². The zero-order valence-corrected chi connectivity index (χ0v) is 12.8. The number of ether oxygens (including phenoxy) is 1. The van der Waals surface area contributed by atoms with E-state index >= 15 is 0 Å². The van der Waals surface area contributed by atoms with Gasteiger partial charge in [0.2, 0.25) is 0 Å². The number of halogens is 1. The van der Waals surface area contributed by atoms with Crippen LogP contribution in [-0.4, -0.2) is 12.9 Å². The summed E-state index contributed by atoms with van der Waals surface area (Å²) in [6, 6.07) is 13.8. The number of carbonyl (C=O) groups excluding carboxylic acids is 1. The van der Waals surface area contributed by atoms with Gasteiger partial charge >= 0.3 is 0 Å². The molecule has 1 aliphatic rings. The molecule has 20 heavy (non-hydrogen) atoms. The minimum Gasteiger partial charge on any atom is -0.497 e. The maximum atomic E-state index is 12.7. The Morgan fingerprint density at radius 1 is 1.15 bits per heavy atom. The summed E-state index contributed by atoms with van der Waals surface area (Å²) >= 11 is 3.47. The molecule has 0 saturated carbocycles. The Hall–Kier alpha value is -1.61. The van der Waals surface area contributed by atoms with Crippen LogP contribution < -0.4 is 4.74 Å². The van der Waals surface area contributed by atoms with E-state index in [-0.39, 0.29) is 11.7 Å². The fourth-order valence-electron chi connectivity index (χ4n) is 2.78. The Labute approximate surface area is 126 Å². The fraction of sp³-hybridized carbons (Fsp3) is 0.235. The average Bonchev–Trinajstić information content (AvgIpc) is 2.91. The van der Waals surface area contributed by atoms with Gasteiger partial charge in [-0.15, -0.1) is 0 Å². The van der Waals surface area contributed by atoms with Gasteiger partial charge in [0.25, 0.3) is 0 Å². The monoisotopic (exact) mass is 330 g/mol. The number of carbonyl (C=O) groups is 1. The van der Waals surface area contributed by atoms with Crippen LogP contribution in [0.15, 0.2) is 46.9 Å². The van der Waals surface area contributed by atoms with Crippen molar-refractivity contribution in [2.75, 3.05) is 7.11 Å². The van der Waals surface area contributed by atoms with Crippen LogP contribution in [-0.2, 0) is 12.8 Å². The van der Waals surface area contributed by atoms with Crippen molar-refractivity contribution in [3.63, 3.8) is 0 Å². The maximum absolute atomic E-state index is 12.7. The molecule has 0 N–H and O–H groups in total. The van der Waals surface area contributed by atoms with Gasteiger partial charge in [0.15, 0.2) is 5.78 Å². The summed E-state index contributed by atoms with van der Waals surface area (Å²) in [5.74, 6) is 0.940. The van der Waals surface area contributed by atoms with Crippen LogP contribution in [0, 0.1) is 5.92 Å². The zero-order valence-electron chi connectivity index (χ0n) is 11.2. The first-order valence-corrected chi connectivity index (χ1v) is 7.43. The third-order valence-corrected chi connectivity index (χ3v) is 4.55. The van der Waals surface area contributed by atoms with Crippen molar-refractivity contribution in [2.24, 2.45) is 5.92 Å². The first-order chi connectivity index (χ1) is 9.69. The average molecular weight is 331 g/mol. The topological polar surface area (TPSA) is 26.3 Å². The molecule has 0 aliphatic heterocycles. The number of methoxy groups -OCH3 is 1. The highest BCUT2D eigenvalue weighted by Crippen LogP contribution is 2.32. The fourth-order valence-corrected chi connectivity index (χ4v) is 3.23. The van der Waals surface area contributed by atoms with Crippen molar-refractivity contribution in [2.45, 2.75) is 12.8 Å². The lowest BCUT2D eigenvalue weighted by atomic mass is 9.95. The molecule has 2 nitrogen and oxygen atoms in total. The van der Waals surface area contributed by atoms with E-state index in [0.717, 1.165) is 17.3 Å². The van der Waals surface area contributed by atoms with Crippen molar-refractivity contribution >= 4 is 21.7 Å². The number of Topliss-reactive ketones (excluding diaryl/α,β-unsaturated/α-hetero) is 1. The highest BCUT2D eigenvalue weighted by Gasteiger charge is 2.28. The van der Waals surface area contributed by atoms with E-state index in [4.69, 9.17) is 4.74 Å². The van der Waals surface area contributed by atoms with E-state index in [1.54, 1.807) is 7.11 Å². The first-order valence-electron chi connectivity index (χ1n) is 6.63. The molecule has 3 rings (SSSR count). The van der Waals surface area contributed by atoms with Gasteiger partial charge in [0.1, 0.15) is 5.75 Å². The SMILES string of the molecule is COc1ccc(Br)c(C(=O)C2Cc3ccccc3C2)c1. The summed E-state index contributed by atoms with van der Waals surface area (Å²) in [6.45, 7) is 0. The van der Waals surface area contributed by atoms with E-state index in [1.807, 2.05) is 30.3 Å². The number of hydrogen-bond acceptors (Lipinski definition) is 2. The molecule has 0 atom stereocenters. The van der Waals surface area contributed by atoms with Gasteiger partial charge in [-0.2, -0.15) is 0 Å². The van der Waals surface area contributed by atoms with Gasteiger partial charge in [-0.25, -0.2) is 0 Å². The molecule has 2 aromatic rings. The molecule has 2 aromatic carbocycles. The minimum absolute atomic E-state index is 0.0378. The summed E-state index contributed by atoms with van der Waals surface area (Å²) in [4.78, 5) is 12.7. The second-order valence-corrected chi connectivity index (χ2v) is 5.94. The summed E-state index contributed by atoms with van der Waals surface area (Å²) in [7, 11) is 1.61. The quantitative estimate of drug-likeness (QED) is 0.793. The Morgan fingerprint density at radius 3 is 2.40 bits per heavy atom. The molecule has 0 saturated heterocycles. The van der Waals surface area contributed by atoms with Crippen LogP contribution in [0.1, 0.15) is 21.5 Å². The molecule has 0 unspecified atom stereocenters. The van der Waals surface area contributed by atoms with Crippen LogP contribution in [0.4, 0.5) is 0 Å². The molecule has 0 spiro atoms. The largest absolute Gasteiger partial charge is 0.497 e. The molecule has 3 heteroatoms. The number of rotatable bonds is 3. The number of ketones is 1. The van der Waals surface area contributed by atoms with Crippen LogP contribution in [0.2, 0.25) is 0 Å². The van der Waals surface area contributed by atoms with Gasteiger partial charge in [0.05, 0.1) is 7.11 Å². The van der Waals surface area contributed by atoms with Gasteiger partial charge in [0, 0.05) is 16.0 Å².